The molecule has 0 aliphatic heterocycles. The van der Waals surface area contributed by atoms with Crippen LogP contribution >= 0.6 is 0 Å². The zero-order chi connectivity index (χ0) is 20.5. The summed E-state index contributed by atoms with van der Waals surface area (Å²) in [5.74, 6) is 0.466. The Bertz CT molecular complexity index is 1400. The summed E-state index contributed by atoms with van der Waals surface area (Å²) < 4.78 is 1.31. The van der Waals surface area contributed by atoms with Crippen molar-refractivity contribution >= 4 is 33.5 Å². The lowest BCUT2D eigenvalue weighted by Crippen LogP contribution is -2.27. The van der Waals surface area contributed by atoms with Crippen LogP contribution in [-0.4, -0.2) is 25.4 Å². The molecule has 2 heterocycles. The number of aromatic nitrogens is 4. The molecule has 30 heavy (non-hydrogen) atoms. The van der Waals surface area contributed by atoms with Gasteiger partial charge >= 0.3 is 0 Å². The molecule has 1 amide bonds. The maximum atomic E-state index is 12.5. The van der Waals surface area contributed by atoms with Crippen molar-refractivity contribution in [2.45, 2.75) is 6.54 Å². The van der Waals surface area contributed by atoms with E-state index in [-0.39, 0.29) is 18.0 Å². The van der Waals surface area contributed by atoms with Crippen LogP contribution in [0.5, 0.6) is 0 Å². The Morgan fingerprint density at radius 2 is 1.67 bits per heavy atom. The number of H-pyrrole nitrogens is 1. The number of carbonyl (C=O) groups excluding carboxylic acids is 1. The van der Waals surface area contributed by atoms with Crippen molar-refractivity contribution in [3.8, 4) is 11.4 Å². The van der Waals surface area contributed by atoms with Gasteiger partial charge in [-0.25, -0.2) is 9.97 Å². The Hall–Kier alpha value is -4.26. The van der Waals surface area contributed by atoms with E-state index in [2.05, 4.69) is 20.3 Å². The molecule has 0 aliphatic carbocycles. The van der Waals surface area contributed by atoms with Gasteiger partial charge in [-0.05, 0) is 48.5 Å². The van der Waals surface area contributed by atoms with E-state index in [1.165, 1.54) is 10.9 Å². The molecule has 2 aromatic heterocycles. The molecule has 7 heteroatoms. The predicted molar refractivity (Wildman–Crippen MR) is 116 cm³/mol. The van der Waals surface area contributed by atoms with E-state index in [0.717, 1.165) is 22.4 Å². The van der Waals surface area contributed by atoms with Crippen molar-refractivity contribution in [3.63, 3.8) is 0 Å². The number of aromatic amines is 1. The van der Waals surface area contributed by atoms with E-state index in [4.69, 9.17) is 0 Å². The molecule has 7 nitrogen and oxygen atoms in total. The Morgan fingerprint density at radius 3 is 2.47 bits per heavy atom. The molecule has 0 saturated heterocycles. The number of fused-ring (bicyclic) bond motifs is 2. The minimum absolute atomic E-state index is 0.109. The summed E-state index contributed by atoms with van der Waals surface area (Å²) in [5.41, 5.74) is 3.80. The van der Waals surface area contributed by atoms with E-state index in [0.29, 0.717) is 16.6 Å². The lowest BCUT2D eigenvalue weighted by atomic mass is 10.2. The molecule has 0 unspecified atom stereocenters. The lowest BCUT2D eigenvalue weighted by molar-refractivity contribution is -0.116. The zero-order valence-corrected chi connectivity index (χ0v) is 15.9. The zero-order valence-electron chi connectivity index (χ0n) is 15.9. The first-order valence-corrected chi connectivity index (χ1v) is 9.46. The Morgan fingerprint density at radius 1 is 0.933 bits per heavy atom. The van der Waals surface area contributed by atoms with Crippen molar-refractivity contribution in [1.29, 1.82) is 0 Å². The first kappa shape index (κ1) is 17.8. The van der Waals surface area contributed by atoms with Crippen LogP contribution in [-0.2, 0) is 11.3 Å². The molecule has 2 N–H and O–H groups in total. The molecule has 0 saturated carbocycles. The smallest absolute Gasteiger partial charge is 0.261 e. The van der Waals surface area contributed by atoms with Gasteiger partial charge in [0.25, 0.3) is 5.56 Å². The third-order valence-electron chi connectivity index (χ3n) is 4.88. The molecule has 5 rings (SSSR count). The van der Waals surface area contributed by atoms with Crippen LogP contribution in [0.2, 0.25) is 0 Å². The fourth-order valence-corrected chi connectivity index (χ4v) is 3.37. The van der Waals surface area contributed by atoms with Gasteiger partial charge in [0.15, 0.2) is 0 Å². The largest absolute Gasteiger partial charge is 0.338 e. The van der Waals surface area contributed by atoms with Crippen molar-refractivity contribution in [3.05, 3.63) is 89.5 Å². The fraction of sp³-hybridized carbons (Fsp3) is 0.0435. The first-order chi connectivity index (χ1) is 14.7. The van der Waals surface area contributed by atoms with Gasteiger partial charge in [-0.15, -0.1) is 0 Å². The summed E-state index contributed by atoms with van der Waals surface area (Å²) in [6, 6.07) is 22.3. The molecule has 0 spiro atoms. The molecule has 146 valence electrons. The lowest BCUT2D eigenvalue weighted by Gasteiger charge is -2.08. The van der Waals surface area contributed by atoms with Crippen LogP contribution in [0.3, 0.4) is 0 Å². The molecular weight excluding hydrogens is 378 g/mol. The maximum absolute atomic E-state index is 12.5. The number of hydrogen-bond acceptors (Lipinski definition) is 4. The number of anilines is 1. The van der Waals surface area contributed by atoms with Crippen LogP contribution in [0.1, 0.15) is 0 Å². The third-order valence-corrected chi connectivity index (χ3v) is 4.88. The monoisotopic (exact) mass is 395 g/mol. The maximum Gasteiger partial charge on any atom is 0.261 e. The molecule has 5 aromatic rings. The Balaban J connectivity index is 1.32. The van der Waals surface area contributed by atoms with Gasteiger partial charge in [-0.1, -0.05) is 24.3 Å². The van der Waals surface area contributed by atoms with Gasteiger partial charge in [0.05, 0.1) is 28.3 Å². The molecule has 3 aromatic carbocycles. The Kier molecular flexibility index (Phi) is 4.33. The van der Waals surface area contributed by atoms with Gasteiger partial charge < -0.3 is 10.3 Å². The second-order valence-corrected chi connectivity index (χ2v) is 6.92. The second-order valence-electron chi connectivity index (χ2n) is 6.92. The number of hydrogen-bond donors (Lipinski definition) is 2. The molecule has 0 bridgehead atoms. The van der Waals surface area contributed by atoms with Gasteiger partial charge in [0, 0.05) is 11.3 Å². The predicted octanol–water partition coefficient (Wildman–Crippen LogP) is 3.58. The van der Waals surface area contributed by atoms with E-state index in [9.17, 15) is 9.59 Å². The van der Waals surface area contributed by atoms with Crippen LogP contribution in [0.15, 0.2) is 83.9 Å². The molecule has 0 radical (unpaired) electrons. The summed E-state index contributed by atoms with van der Waals surface area (Å²) in [6.07, 6.45) is 1.40. The highest BCUT2D eigenvalue weighted by Crippen LogP contribution is 2.22. The number of benzene rings is 3. The number of carbonyl (C=O) groups is 1. The highest BCUT2D eigenvalue weighted by Gasteiger charge is 2.09. The van der Waals surface area contributed by atoms with E-state index < -0.39 is 0 Å². The second kappa shape index (κ2) is 7.29. The molecule has 0 fully saturated rings. The van der Waals surface area contributed by atoms with Crippen molar-refractivity contribution in [1.82, 2.24) is 19.5 Å². The number of imidazole rings is 1. The van der Waals surface area contributed by atoms with E-state index >= 15 is 0 Å². The minimum Gasteiger partial charge on any atom is -0.338 e. The van der Waals surface area contributed by atoms with E-state index in [1.54, 1.807) is 18.2 Å². The summed E-state index contributed by atoms with van der Waals surface area (Å²) >= 11 is 0. The van der Waals surface area contributed by atoms with Crippen LogP contribution < -0.4 is 10.9 Å². The number of amides is 1. The van der Waals surface area contributed by atoms with Crippen LogP contribution in [0.25, 0.3) is 33.3 Å². The van der Waals surface area contributed by atoms with Crippen molar-refractivity contribution in [2.75, 3.05) is 5.32 Å². The first-order valence-electron chi connectivity index (χ1n) is 9.46. The van der Waals surface area contributed by atoms with Crippen molar-refractivity contribution in [2.24, 2.45) is 0 Å². The van der Waals surface area contributed by atoms with Gasteiger partial charge in [0.2, 0.25) is 5.91 Å². The highest BCUT2D eigenvalue weighted by molar-refractivity contribution is 5.91. The number of nitrogens with zero attached hydrogens (tertiary/aromatic N) is 3. The Labute approximate surface area is 171 Å². The number of para-hydroxylation sites is 3. The quantitative estimate of drug-likeness (QED) is 0.486. The van der Waals surface area contributed by atoms with Crippen LogP contribution in [0.4, 0.5) is 5.69 Å². The summed E-state index contributed by atoms with van der Waals surface area (Å²) in [4.78, 5) is 37.0. The fourth-order valence-electron chi connectivity index (χ4n) is 3.37. The molecule has 0 atom stereocenters. The van der Waals surface area contributed by atoms with Gasteiger partial charge in [-0.3, -0.25) is 14.2 Å². The summed E-state index contributed by atoms with van der Waals surface area (Å²) in [6.45, 7) is -0.109. The van der Waals surface area contributed by atoms with Crippen LogP contribution in [0, 0.1) is 0 Å². The normalized spacial score (nSPS) is 11.1. The van der Waals surface area contributed by atoms with Crippen molar-refractivity contribution < 1.29 is 4.79 Å². The standard InChI is InChI=1S/C23H17N5O2/c29-21(13-28-14-24-18-6-2-1-5-17(18)23(28)30)25-16-11-9-15(10-12-16)22-26-19-7-3-4-8-20(19)27-22/h1-12,14H,13H2,(H,25,29)(H,26,27). The summed E-state index contributed by atoms with van der Waals surface area (Å²) in [5, 5.41) is 3.30. The molecule has 0 aliphatic rings. The minimum atomic E-state index is -0.300. The number of rotatable bonds is 4. The van der Waals surface area contributed by atoms with Gasteiger partial charge in [0.1, 0.15) is 12.4 Å². The highest BCUT2D eigenvalue weighted by atomic mass is 16.2. The average molecular weight is 395 g/mol. The number of nitrogens with one attached hydrogen (secondary N) is 2. The van der Waals surface area contributed by atoms with E-state index in [1.807, 2.05) is 54.6 Å². The SMILES string of the molecule is O=C(Cn1cnc2ccccc2c1=O)Nc1ccc(-c2nc3ccccc3[nH]2)cc1. The average Bonchev–Trinajstić information content (AvgIpc) is 3.21. The van der Waals surface area contributed by atoms with Gasteiger partial charge in [-0.2, -0.15) is 0 Å². The summed E-state index contributed by atoms with van der Waals surface area (Å²) in [7, 11) is 0. The topological polar surface area (TPSA) is 92.7 Å². The molecular formula is C23H17N5O2. The third kappa shape index (κ3) is 3.33.